The number of aryl methyl sites for hydroxylation is 1. The second kappa shape index (κ2) is 2.51. The van der Waals surface area contributed by atoms with Crippen molar-refractivity contribution < 1.29 is 0 Å². The van der Waals surface area contributed by atoms with Crippen molar-refractivity contribution in [2.45, 2.75) is 0 Å². The number of nitrogen functional groups attached to an aromatic ring is 1. The van der Waals surface area contributed by atoms with Crippen LogP contribution in [0.4, 0.5) is 5.82 Å². The Labute approximate surface area is 73.6 Å². The first-order valence-corrected chi connectivity index (χ1v) is 3.68. The summed E-state index contributed by atoms with van der Waals surface area (Å²) < 4.78 is 1.53. The van der Waals surface area contributed by atoms with Crippen molar-refractivity contribution in [1.82, 2.24) is 19.5 Å². The molecule has 2 rings (SSSR count). The molecule has 0 saturated carbocycles. The molecule has 6 nitrogen and oxygen atoms in total. The van der Waals surface area contributed by atoms with Crippen molar-refractivity contribution in [3.63, 3.8) is 0 Å². The quantitative estimate of drug-likeness (QED) is 0.561. The van der Waals surface area contributed by atoms with E-state index < -0.39 is 0 Å². The highest BCUT2D eigenvalue weighted by Gasteiger charge is 2.04. The normalized spacial score (nSPS) is 10.5. The molecule has 2 heterocycles. The number of rotatable bonds is 0. The van der Waals surface area contributed by atoms with E-state index in [-0.39, 0.29) is 11.4 Å². The number of nitrogens with two attached hydrogens (primary N) is 1. The fourth-order valence-corrected chi connectivity index (χ4v) is 1.10. The summed E-state index contributed by atoms with van der Waals surface area (Å²) in [6.45, 7) is 0. The molecule has 0 aromatic carbocycles. The van der Waals surface area contributed by atoms with E-state index >= 15 is 0 Å². The number of fused-ring (bicyclic) bond motifs is 1. The minimum absolute atomic E-state index is 0.0745. The van der Waals surface area contributed by atoms with Gasteiger partial charge in [-0.15, -0.1) is 0 Å². The lowest BCUT2D eigenvalue weighted by Gasteiger charge is -2.03. The maximum absolute atomic E-state index is 7.45. The Morgan fingerprint density at radius 1 is 1.38 bits per heavy atom. The van der Waals surface area contributed by atoms with E-state index in [1.165, 1.54) is 4.57 Å². The van der Waals surface area contributed by atoms with Gasteiger partial charge in [-0.05, 0) is 0 Å². The van der Waals surface area contributed by atoms with Gasteiger partial charge in [-0.2, -0.15) is 4.98 Å². The third-order valence-corrected chi connectivity index (χ3v) is 1.78. The SMILES string of the molecule is Cn1c(=N)nc(N)c2nccnc21. The van der Waals surface area contributed by atoms with Gasteiger partial charge in [0.05, 0.1) is 0 Å². The fraction of sp³-hybridized carbons (Fsp3) is 0.143. The van der Waals surface area contributed by atoms with E-state index in [1.807, 2.05) is 0 Å². The molecule has 0 bridgehead atoms. The molecule has 0 fully saturated rings. The zero-order valence-corrected chi connectivity index (χ0v) is 7.02. The van der Waals surface area contributed by atoms with Crippen LogP contribution in [0.3, 0.4) is 0 Å². The number of anilines is 1. The Kier molecular flexibility index (Phi) is 1.48. The number of aromatic nitrogens is 4. The first kappa shape index (κ1) is 7.66. The summed E-state index contributed by atoms with van der Waals surface area (Å²) in [7, 11) is 1.70. The summed E-state index contributed by atoms with van der Waals surface area (Å²) in [6, 6.07) is 0. The third kappa shape index (κ3) is 1.03. The highest BCUT2D eigenvalue weighted by molar-refractivity contribution is 5.80. The van der Waals surface area contributed by atoms with Crippen molar-refractivity contribution in [1.29, 1.82) is 5.41 Å². The van der Waals surface area contributed by atoms with Gasteiger partial charge in [0, 0.05) is 19.4 Å². The van der Waals surface area contributed by atoms with Crippen molar-refractivity contribution >= 4 is 17.0 Å². The second-order valence-electron chi connectivity index (χ2n) is 2.61. The molecule has 0 saturated heterocycles. The summed E-state index contributed by atoms with van der Waals surface area (Å²) in [5, 5.41) is 7.45. The molecule has 0 atom stereocenters. The lowest BCUT2D eigenvalue weighted by atomic mass is 10.4. The van der Waals surface area contributed by atoms with Crippen LogP contribution in [0.15, 0.2) is 12.4 Å². The van der Waals surface area contributed by atoms with Crippen LogP contribution in [0.5, 0.6) is 0 Å². The van der Waals surface area contributed by atoms with Crippen molar-refractivity contribution in [3.05, 3.63) is 18.0 Å². The second-order valence-corrected chi connectivity index (χ2v) is 2.61. The van der Waals surface area contributed by atoms with E-state index in [4.69, 9.17) is 11.1 Å². The molecule has 66 valence electrons. The highest BCUT2D eigenvalue weighted by atomic mass is 15.1. The smallest absolute Gasteiger partial charge is 0.225 e. The van der Waals surface area contributed by atoms with Crippen LogP contribution < -0.4 is 11.4 Å². The number of nitrogens with one attached hydrogen (secondary N) is 1. The highest BCUT2D eigenvalue weighted by Crippen LogP contribution is 2.08. The van der Waals surface area contributed by atoms with Gasteiger partial charge in [-0.25, -0.2) is 9.97 Å². The Morgan fingerprint density at radius 3 is 2.85 bits per heavy atom. The van der Waals surface area contributed by atoms with E-state index in [1.54, 1.807) is 19.4 Å². The summed E-state index contributed by atoms with van der Waals surface area (Å²) >= 11 is 0. The monoisotopic (exact) mass is 176 g/mol. The van der Waals surface area contributed by atoms with Crippen LogP contribution in [-0.2, 0) is 7.05 Å². The molecule has 6 heteroatoms. The molecule has 0 radical (unpaired) electrons. The van der Waals surface area contributed by atoms with Gasteiger partial charge in [0.1, 0.15) is 5.52 Å². The van der Waals surface area contributed by atoms with Gasteiger partial charge in [0.15, 0.2) is 11.5 Å². The van der Waals surface area contributed by atoms with E-state index in [2.05, 4.69) is 15.0 Å². The predicted octanol–water partition coefficient (Wildman–Crippen LogP) is -0.575. The van der Waals surface area contributed by atoms with Crippen LogP contribution in [0, 0.1) is 5.41 Å². The zero-order chi connectivity index (χ0) is 9.42. The molecule has 3 N–H and O–H groups in total. The molecular weight excluding hydrogens is 168 g/mol. The summed E-state index contributed by atoms with van der Waals surface area (Å²) in [5.41, 5.74) is 6.75. The van der Waals surface area contributed by atoms with Crippen LogP contribution in [0.1, 0.15) is 0 Å². The lowest BCUT2D eigenvalue weighted by Crippen LogP contribution is -2.22. The van der Waals surface area contributed by atoms with Gasteiger partial charge in [0.25, 0.3) is 0 Å². The first-order valence-electron chi connectivity index (χ1n) is 3.68. The fourth-order valence-electron chi connectivity index (χ4n) is 1.10. The standard InChI is InChI=1S/C7H8N6/c1-13-6-4(10-2-3-11-6)5(8)12-7(13)9/h2-3H,1H3,(H3,8,9,12). The Balaban J connectivity index is 3.06. The maximum Gasteiger partial charge on any atom is 0.225 e. The van der Waals surface area contributed by atoms with Crippen molar-refractivity contribution in [3.8, 4) is 0 Å². The molecule has 0 spiro atoms. The van der Waals surface area contributed by atoms with Gasteiger partial charge < -0.3 is 5.73 Å². The molecule has 13 heavy (non-hydrogen) atoms. The molecule has 0 unspecified atom stereocenters. The Hall–Kier alpha value is -1.98. The van der Waals surface area contributed by atoms with E-state index in [9.17, 15) is 0 Å². The predicted molar refractivity (Wildman–Crippen MR) is 46.6 cm³/mol. The molecule has 2 aromatic rings. The Bertz CT molecular complexity index is 514. The minimum Gasteiger partial charge on any atom is -0.382 e. The lowest BCUT2D eigenvalue weighted by molar-refractivity contribution is 0.787. The molecular formula is C7H8N6. The summed E-state index contributed by atoms with van der Waals surface area (Å²) in [4.78, 5) is 11.9. The topological polar surface area (TPSA) is 93.5 Å². The van der Waals surface area contributed by atoms with Crippen LogP contribution >= 0.6 is 0 Å². The van der Waals surface area contributed by atoms with Crippen LogP contribution in [-0.4, -0.2) is 19.5 Å². The van der Waals surface area contributed by atoms with Crippen LogP contribution in [0.25, 0.3) is 11.2 Å². The third-order valence-electron chi connectivity index (χ3n) is 1.78. The van der Waals surface area contributed by atoms with Gasteiger partial charge in [-0.1, -0.05) is 0 Å². The van der Waals surface area contributed by atoms with Crippen molar-refractivity contribution in [2.24, 2.45) is 7.05 Å². The van der Waals surface area contributed by atoms with Gasteiger partial charge in [-0.3, -0.25) is 9.98 Å². The number of hydrogen-bond acceptors (Lipinski definition) is 5. The summed E-state index contributed by atoms with van der Waals surface area (Å²) in [5.74, 6) is 0.242. The minimum atomic E-state index is 0.0745. The molecule has 0 amide bonds. The first-order chi connectivity index (χ1) is 6.20. The molecule has 0 aliphatic rings. The molecule has 0 aliphatic carbocycles. The maximum atomic E-state index is 7.45. The van der Waals surface area contributed by atoms with Crippen LogP contribution in [0.2, 0.25) is 0 Å². The van der Waals surface area contributed by atoms with Crippen molar-refractivity contribution in [2.75, 3.05) is 5.73 Å². The molecule has 2 aromatic heterocycles. The van der Waals surface area contributed by atoms with Gasteiger partial charge >= 0.3 is 0 Å². The number of nitrogens with zero attached hydrogens (tertiary/aromatic N) is 4. The van der Waals surface area contributed by atoms with Gasteiger partial charge in [0.2, 0.25) is 5.62 Å². The summed E-state index contributed by atoms with van der Waals surface area (Å²) in [6.07, 6.45) is 3.10. The largest absolute Gasteiger partial charge is 0.382 e. The average molecular weight is 176 g/mol. The average Bonchev–Trinajstić information content (AvgIpc) is 2.15. The van der Waals surface area contributed by atoms with E-state index in [0.717, 1.165) is 0 Å². The molecule has 0 aliphatic heterocycles. The van der Waals surface area contributed by atoms with E-state index in [0.29, 0.717) is 11.2 Å². The Morgan fingerprint density at radius 2 is 2.08 bits per heavy atom. The zero-order valence-electron chi connectivity index (χ0n) is 7.02. The number of hydrogen-bond donors (Lipinski definition) is 2.